The van der Waals surface area contributed by atoms with Crippen molar-refractivity contribution in [2.75, 3.05) is 32.7 Å². The normalized spacial score (nSPS) is 27.6. The van der Waals surface area contributed by atoms with Crippen molar-refractivity contribution in [1.29, 1.82) is 0 Å². The van der Waals surface area contributed by atoms with Gasteiger partial charge in [0, 0.05) is 19.9 Å². The van der Waals surface area contributed by atoms with Crippen LogP contribution in [0.25, 0.3) is 6.08 Å². The summed E-state index contributed by atoms with van der Waals surface area (Å²) in [5.41, 5.74) is -2.25. The molecule has 8 N–H and O–H groups in total. The predicted octanol–water partition coefficient (Wildman–Crippen LogP) is 1.32. The molecule has 7 amide bonds. The summed E-state index contributed by atoms with van der Waals surface area (Å²) in [6, 6.07) is -9.26. The number of aliphatic hydroxyl groups is 2. The molecule has 3 fully saturated rings. The van der Waals surface area contributed by atoms with Crippen LogP contribution in [0, 0.1) is 17.8 Å². The molecule has 4 rings (SSSR count). The van der Waals surface area contributed by atoms with Gasteiger partial charge in [0.05, 0.1) is 29.6 Å². The van der Waals surface area contributed by atoms with Crippen LogP contribution in [0.5, 0.6) is 5.75 Å². The van der Waals surface area contributed by atoms with E-state index in [2.05, 4.69) is 21.3 Å². The van der Waals surface area contributed by atoms with Crippen molar-refractivity contribution in [2.45, 2.75) is 161 Å². The van der Waals surface area contributed by atoms with Crippen molar-refractivity contribution in [3.05, 3.63) is 33.5 Å². The van der Waals surface area contributed by atoms with Gasteiger partial charge in [-0.1, -0.05) is 64.7 Å². The highest BCUT2D eigenvalue weighted by Gasteiger charge is 2.48. The van der Waals surface area contributed by atoms with Crippen molar-refractivity contribution in [1.82, 2.24) is 36.1 Å². The summed E-state index contributed by atoms with van der Waals surface area (Å²) < 4.78 is 21.8. The maximum Gasteiger partial charge on any atom is 0.332 e. The van der Waals surface area contributed by atoms with Crippen LogP contribution >= 0.6 is 34.8 Å². The highest BCUT2D eigenvalue weighted by Crippen LogP contribution is 2.34. The SMILES string of the molecule is COC(=Cc1cc(Cl)c(O)c(Cl)c1)C(=O)N[C@@H]1C(=O)N[C@@H](CC(C)C)C(=O)N2C[C@H](OC(C)=O)C[C@H]2C(=O)N[C@@H](CC(C)C)C(=O)N(O)[C@@H](C(C)C)C(=O)N2CCC[C@H]2C(=O)OCC(O)C(=O)NC(C(C)(O)CCl)C(=O)O[C@@H]1C. The van der Waals surface area contributed by atoms with E-state index in [0.29, 0.717) is 0 Å². The Bertz CT molecular complexity index is 2470. The fraction of sp³-hybridized carbons (Fsp3) is 0.647. The number of hydrogen-bond acceptors (Lipinski definition) is 18. The third-order valence-corrected chi connectivity index (χ3v) is 14.3. The smallest absolute Gasteiger partial charge is 0.332 e. The lowest BCUT2D eigenvalue weighted by Gasteiger charge is -2.36. The van der Waals surface area contributed by atoms with E-state index < -0.39 is 162 Å². The third kappa shape index (κ3) is 17.0. The Balaban J connectivity index is 1.90. The molecular weight excluding hydrogens is 1100 g/mol. The quantitative estimate of drug-likeness (QED) is 0.0365. The molecule has 25 nitrogen and oxygen atoms in total. The van der Waals surface area contributed by atoms with Crippen LogP contribution in [0.1, 0.15) is 100.0 Å². The summed E-state index contributed by atoms with van der Waals surface area (Å²) >= 11 is 18.3. The number of rotatable bonds is 12. The number of phenolic OH excluding ortho intramolecular Hbond substituents is 1. The van der Waals surface area contributed by atoms with Crippen LogP contribution in [0.15, 0.2) is 17.9 Å². The number of methoxy groups -OCH3 is 1. The zero-order valence-corrected chi connectivity index (χ0v) is 47.8. The molecule has 28 heteroatoms. The Kier molecular flexibility index (Phi) is 23.6. The maximum absolute atomic E-state index is 15.0. The number of aliphatic hydroxyl groups excluding tert-OH is 1. The number of carbonyl (C=O) groups excluding carboxylic acids is 10. The number of nitrogens with zero attached hydrogens (tertiary/aromatic N) is 3. The lowest BCUT2D eigenvalue weighted by Crippen LogP contribution is -2.62. The molecule has 79 heavy (non-hydrogen) atoms. The van der Waals surface area contributed by atoms with Crippen LogP contribution < -0.4 is 21.3 Å². The van der Waals surface area contributed by atoms with E-state index in [1.165, 1.54) is 26.0 Å². The molecule has 0 aromatic heterocycles. The van der Waals surface area contributed by atoms with Gasteiger partial charge in [0.2, 0.25) is 23.6 Å². The number of phenols is 1. The molecule has 3 heterocycles. The first-order valence-electron chi connectivity index (χ1n) is 25.6. The second-order valence-electron chi connectivity index (χ2n) is 21.1. The Labute approximate surface area is 472 Å². The largest absolute Gasteiger partial charge is 0.505 e. The lowest BCUT2D eigenvalue weighted by molar-refractivity contribution is -0.190. The van der Waals surface area contributed by atoms with Gasteiger partial charge in [0.1, 0.15) is 60.7 Å². The Morgan fingerprint density at radius 2 is 1.46 bits per heavy atom. The molecule has 440 valence electrons. The van der Waals surface area contributed by atoms with Gasteiger partial charge in [0.15, 0.2) is 23.7 Å². The number of amides is 7. The summed E-state index contributed by atoms with van der Waals surface area (Å²) in [4.78, 5) is 143. The third-order valence-electron chi connectivity index (χ3n) is 13.2. The van der Waals surface area contributed by atoms with Crippen molar-refractivity contribution < 1.29 is 87.4 Å². The average molecular weight is 1180 g/mol. The number of esters is 3. The fourth-order valence-corrected chi connectivity index (χ4v) is 9.88. The highest BCUT2D eigenvalue weighted by atomic mass is 35.5. The molecule has 3 unspecified atom stereocenters. The van der Waals surface area contributed by atoms with E-state index in [1.807, 2.05) is 0 Å². The van der Waals surface area contributed by atoms with E-state index >= 15 is 0 Å². The zero-order chi connectivity index (χ0) is 59.5. The van der Waals surface area contributed by atoms with Gasteiger partial charge in [-0.3, -0.25) is 43.6 Å². The van der Waals surface area contributed by atoms with Gasteiger partial charge in [-0.05, 0) is 81.1 Å². The number of cyclic esters (lactones) is 2. The number of fused-ring (bicyclic) bond motifs is 2. The molecular formula is C51H72Cl3N7O18. The van der Waals surface area contributed by atoms with E-state index in [9.17, 15) is 68.5 Å². The van der Waals surface area contributed by atoms with Gasteiger partial charge in [0.25, 0.3) is 17.7 Å². The van der Waals surface area contributed by atoms with Gasteiger partial charge < -0.3 is 65.3 Å². The summed E-state index contributed by atoms with van der Waals surface area (Å²) in [6.07, 6.45) is -4.28. The molecule has 0 aliphatic carbocycles. The highest BCUT2D eigenvalue weighted by molar-refractivity contribution is 6.37. The first-order valence-corrected chi connectivity index (χ1v) is 26.9. The van der Waals surface area contributed by atoms with E-state index in [-0.39, 0.29) is 71.2 Å². The predicted molar refractivity (Wildman–Crippen MR) is 281 cm³/mol. The molecule has 3 aliphatic rings. The number of halogens is 3. The number of alkyl halides is 1. The number of benzene rings is 1. The topological polar surface area (TPSA) is 346 Å². The minimum absolute atomic E-state index is 0.0292. The maximum atomic E-state index is 15.0. The van der Waals surface area contributed by atoms with Gasteiger partial charge in [-0.2, -0.15) is 0 Å². The number of hydrogen-bond donors (Lipinski definition) is 8. The average Bonchev–Trinajstić information content (AvgIpc) is 4.07. The van der Waals surface area contributed by atoms with Crippen molar-refractivity contribution in [3.63, 3.8) is 0 Å². The first-order chi connectivity index (χ1) is 36.8. The summed E-state index contributed by atoms with van der Waals surface area (Å²) in [7, 11) is 1.09. The molecule has 0 radical (unpaired) electrons. The minimum Gasteiger partial charge on any atom is -0.505 e. The summed E-state index contributed by atoms with van der Waals surface area (Å²) in [6.45, 7) is 11.7. The molecule has 3 aliphatic heterocycles. The van der Waals surface area contributed by atoms with Crippen LogP contribution in [0.3, 0.4) is 0 Å². The molecule has 0 spiro atoms. The molecule has 1 aromatic carbocycles. The van der Waals surface area contributed by atoms with E-state index in [0.717, 1.165) is 43.8 Å². The van der Waals surface area contributed by atoms with Crippen molar-refractivity contribution in [3.8, 4) is 5.75 Å². The van der Waals surface area contributed by atoms with Crippen LogP contribution in [0.4, 0.5) is 0 Å². The second-order valence-corrected chi connectivity index (χ2v) is 22.2. The lowest BCUT2D eigenvalue weighted by atomic mass is 9.98. The Morgan fingerprint density at radius 3 is 2.00 bits per heavy atom. The molecule has 0 bridgehead atoms. The van der Waals surface area contributed by atoms with Crippen LogP contribution in [0.2, 0.25) is 10.0 Å². The van der Waals surface area contributed by atoms with Gasteiger partial charge in [-0.25, -0.2) is 14.7 Å². The van der Waals surface area contributed by atoms with Crippen LogP contribution in [-0.4, -0.2) is 194 Å². The minimum atomic E-state index is -2.38. The van der Waals surface area contributed by atoms with Gasteiger partial charge >= 0.3 is 17.9 Å². The molecule has 1 aromatic rings. The fourth-order valence-electron chi connectivity index (χ4n) is 9.22. The molecule has 11 atom stereocenters. The van der Waals surface area contributed by atoms with Crippen LogP contribution in [-0.2, 0) is 66.9 Å². The second kappa shape index (κ2) is 28.4. The standard InChI is InChI=1S/C51H72Cl3N7O18/c1-23(2)14-32-46(69)60-20-29(79-27(8)62)19-35(60)42(65)55-33(15-24(3)4)47(70)61(75)39(25(5)6)48(71)59-13-11-12-34(59)49(72)77-21-36(63)43(66)58-41(51(9,74)22-52)50(73)78-26(7)38(45(68)56-32)57-44(67)37(76-10)18-28-16-30(53)40(64)31(54)17-28/h16-18,23-26,29,32-36,38-39,41,63-64,74-75H,11-15,19-22H2,1-10H3,(H,55,65)(H,56,68)(H,57,67)(H,58,66)/t26-,29-,32+,33+,34+,35+,36?,38+,39+,41?,51?/m1/s1. The first kappa shape index (κ1) is 65.5. The number of nitrogens with one attached hydrogen (secondary N) is 4. The van der Waals surface area contributed by atoms with Gasteiger partial charge in [-0.15, -0.1) is 11.6 Å². The number of ether oxygens (including phenoxy) is 4. The Morgan fingerprint density at radius 1 is 0.873 bits per heavy atom. The Hall–Kier alpha value is -5.99. The monoisotopic (exact) mass is 1180 g/mol. The molecule has 0 saturated carbocycles. The molecule has 3 saturated heterocycles. The van der Waals surface area contributed by atoms with E-state index in [1.54, 1.807) is 27.7 Å². The number of carbonyl (C=O) groups is 10. The summed E-state index contributed by atoms with van der Waals surface area (Å²) in [5, 5.41) is 53.6. The van der Waals surface area contributed by atoms with E-state index in [4.69, 9.17) is 53.8 Å². The summed E-state index contributed by atoms with van der Waals surface area (Å²) in [5.74, 6) is -14.2. The zero-order valence-electron chi connectivity index (χ0n) is 45.6. The number of aromatic hydroxyl groups is 1. The number of hydroxylamine groups is 2. The van der Waals surface area contributed by atoms with Crippen molar-refractivity contribution in [2.24, 2.45) is 17.8 Å². The van der Waals surface area contributed by atoms with Crippen molar-refractivity contribution >= 4 is 100 Å².